The number of likely N-dealkylation sites (tertiary alicyclic amines) is 1. The molecule has 1 aliphatic heterocycles. The van der Waals surface area contributed by atoms with Crippen molar-refractivity contribution in [3.05, 3.63) is 35.4 Å². The molecule has 2 unspecified atom stereocenters. The van der Waals surface area contributed by atoms with E-state index >= 15 is 0 Å². The minimum Gasteiger partial charge on any atom is -0.369 e. The zero-order valence-corrected chi connectivity index (χ0v) is 21.1. The molecule has 0 spiro atoms. The van der Waals surface area contributed by atoms with Gasteiger partial charge < -0.3 is 21.3 Å². The lowest BCUT2D eigenvalue weighted by atomic mass is 9.96. The van der Waals surface area contributed by atoms with Crippen molar-refractivity contribution >= 4 is 35.8 Å². The number of nitrogens with two attached hydrogens (primary N) is 1. The van der Waals surface area contributed by atoms with Gasteiger partial charge in [0.15, 0.2) is 5.96 Å². The molecule has 182 valence electrons. The molecule has 0 aliphatic carbocycles. The first kappa shape index (κ1) is 28.5. The zero-order chi connectivity index (χ0) is 22.9. The fourth-order valence-electron chi connectivity index (χ4n) is 3.82. The van der Waals surface area contributed by atoms with Gasteiger partial charge in [0.2, 0.25) is 5.91 Å². The number of hydrogen-bond donors (Lipinski definition) is 3. The molecule has 1 heterocycles. The minimum atomic E-state index is -4.32. The molecule has 6 nitrogen and oxygen atoms in total. The second-order valence-electron chi connectivity index (χ2n) is 8.13. The number of primary amides is 1. The summed E-state index contributed by atoms with van der Waals surface area (Å²) in [5.41, 5.74) is 5.48. The number of hydrogen-bond acceptors (Lipinski definition) is 3. The lowest BCUT2D eigenvalue weighted by Crippen LogP contribution is -2.43. The molecule has 0 aromatic heterocycles. The number of aliphatic imine (C=N–C) groups is 1. The van der Waals surface area contributed by atoms with Crippen LogP contribution in [0.2, 0.25) is 0 Å². The molecule has 2 atom stereocenters. The summed E-state index contributed by atoms with van der Waals surface area (Å²) in [6, 6.07) is 5.51. The summed E-state index contributed by atoms with van der Waals surface area (Å²) < 4.78 is 38.7. The predicted octanol–water partition coefficient (Wildman–Crippen LogP) is 3.57. The van der Waals surface area contributed by atoms with Gasteiger partial charge in [-0.1, -0.05) is 25.1 Å². The fraction of sp³-hybridized carbons (Fsp3) is 0.636. The number of nitrogens with zero attached hydrogens (tertiary/aromatic N) is 2. The highest BCUT2D eigenvalue weighted by atomic mass is 127. The summed E-state index contributed by atoms with van der Waals surface area (Å²) in [7, 11) is 1.69. The standard InChI is InChI=1S/C22H34F3N5O.HI/c1-16(17-6-3-8-19(14-17)22(23,24)25)9-11-29-21(27-2)28-10-5-13-30-12-4-7-18(15-30)20(26)31;/h3,6,8,14,16,18H,4-5,7,9-13,15H2,1-2H3,(H2,26,31)(H2,27,28,29);1H. The molecule has 1 aliphatic rings. The second kappa shape index (κ2) is 13.9. The van der Waals surface area contributed by atoms with Crippen LogP contribution in [0, 0.1) is 5.92 Å². The number of nitrogens with one attached hydrogen (secondary N) is 2. The van der Waals surface area contributed by atoms with Gasteiger partial charge in [0.05, 0.1) is 11.5 Å². The van der Waals surface area contributed by atoms with Crippen molar-refractivity contribution in [1.82, 2.24) is 15.5 Å². The van der Waals surface area contributed by atoms with Crippen LogP contribution >= 0.6 is 24.0 Å². The number of carbonyl (C=O) groups is 1. The van der Waals surface area contributed by atoms with E-state index in [0.717, 1.165) is 51.5 Å². The maximum absolute atomic E-state index is 12.9. The van der Waals surface area contributed by atoms with E-state index in [0.29, 0.717) is 24.5 Å². The lowest BCUT2D eigenvalue weighted by molar-refractivity contribution is -0.137. The normalized spacial score (nSPS) is 18.5. The number of guanidine groups is 1. The Morgan fingerprint density at radius 2 is 2.03 bits per heavy atom. The maximum atomic E-state index is 12.9. The van der Waals surface area contributed by atoms with Crippen molar-refractivity contribution in [1.29, 1.82) is 0 Å². The lowest BCUT2D eigenvalue weighted by Gasteiger charge is -2.31. The van der Waals surface area contributed by atoms with Crippen molar-refractivity contribution in [2.45, 2.75) is 44.7 Å². The molecule has 4 N–H and O–H groups in total. The van der Waals surface area contributed by atoms with Crippen LogP contribution in [0.1, 0.15) is 49.7 Å². The van der Waals surface area contributed by atoms with Gasteiger partial charge in [-0.05, 0) is 56.3 Å². The van der Waals surface area contributed by atoms with Crippen molar-refractivity contribution in [3.8, 4) is 0 Å². The Morgan fingerprint density at radius 3 is 2.69 bits per heavy atom. The van der Waals surface area contributed by atoms with Gasteiger partial charge in [-0.3, -0.25) is 9.79 Å². The van der Waals surface area contributed by atoms with E-state index in [1.54, 1.807) is 13.1 Å². The Morgan fingerprint density at radius 1 is 1.31 bits per heavy atom. The third kappa shape index (κ3) is 9.51. The number of halogens is 4. The van der Waals surface area contributed by atoms with E-state index in [4.69, 9.17) is 5.73 Å². The Balaban J connectivity index is 0.00000512. The molecule has 32 heavy (non-hydrogen) atoms. The van der Waals surface area contributed by atoms with Gasteiger partial charge in [-0.15, -0.1) is 24.0 Å². The smallest absolute Gasteiger partial charge is 0.369 e. The topological polar surface area (TPSA) is 82.8 Å². The molecule has 1 saturated heterocycles. The Kier molecular flexibility index (Phi) is 12.3. The Labute approximate surface area is 205 Å². The molecule has 2 rings (SSSR count). The number of benzene rings is 1. The van der Waals surface area contributed by atoms with E-state index < -0.39 is 11.7 Å². The quantitative estimate of drug-likeness (QED) is 0.184. The highest BCUT2D eigenvalue weighted by Crippen LogP contribution is 2.31. The number of piperidine rings is 1. The van der Waals surface area contributed by atoms with Crippen LogP contribution in [0.4, 0.5) is 13.2 Å². The van der Waals surface area contributed by atoms with Gasteiger partial charge in [-0.2, -0.15) is 13.2 Å². The number of carbonyl (C=O) groups excluding carboxylic acids is 1. The van der Waals surface area contributed by atoms with E-state index in [1.165, 1.54) is 12.1 Å². The summed E-state index contributed by atoms with van der Waals surface area (Å²) in [6.45, 7) is 5.87. The molecule has 1 aromatic carbocycles. The molecular weight excluding hydrogens is 534 g/mol. The number of amides is 1. The highest BCUT2D eigenvalue weighted by molar-refractivity contribution is 14.0. The van der Waals surface area contributed by atoms with Crippen LogP contribution in [0.25, 0.3) is 0 Å². The van der Waals surface area contributed by atoms with Gasteiger partial charge in [0.25, 0.3) is 0 Å². The molecule has 0 saturated carbocycles. The van der Waals surface area contributed by atoms with Crippen LogP contribution < -0.4 is 16.4 Å². The van der Waals surface area contributed by atoms with Crippen LogP contribution in [-0.4, -0.2) is 56.5 Å². The first-order valence-electron chi connectivity index (χ1n) is 10.8. The van der Waals surface area contributed by atoms with Crippen LogP contribution in [0.5, 0.6) is 0 Å². The summed E-state index contributed by atoms with van der Waals surface area (Å²) in [6.07, 6.45) is -0.861. The average Bonchev–Trinajstić information content (AvgIpc) is 2.75. The highest BCUT2D eigenvalue weighted by Gasteiger charge is 2.30. The first-order chi connectivity index (χ1) is 14.7. The molecule has 1 fully saturated rings. The largest absolute Gasteiger partial charge is 0.416 e. The molecular formula is C22H35F3IN5O. The van der Waals surface area contributed by atoms with E-state index in [-0.39, 0.29) is 41.7 Å². The molecule has 1 aromatic rings. The van der Waals surface area contributed by atoms with E-state index in [2.05, 4.69) is 20.5 Å². The maximum Gasteiger partial charge on any atom is 0.416 e. The summed E-state index contributed by atoms with van der Waals surface area (Å²) >= 11 is 0. The van der Waals surface area contributed by atoms with Gasteiger partial charge in [0.1, 0.15) is 0 Å². The summed E-state index contributed by atoms with van der Waals surface area (Å²) in [5, 5.41) is 6.47. The molecule has 10 heteroatoms. The monoisotopic (exact) mass is 569 g/mol. The zero-order valence-electron chi connectivity index (χ0n) is 18.8. The summed E-state index contributed by atoms with van der Waals surface area (Å²) in [4.78, 5) is 17.8. The predicted molar refractivity (Wildman–Crippen MR) is 132 cm³/mol. The van der Waals surface area contributed by atoms with Gasteiger partial charge >= 0.3 is 6.18 Å². The van der Waals surface area contributed by atoms with E-state index in [9.17, 15) is 18.0 Å². The molecule has 0 radical (unpaired) electrons. The van der Waals surface area contributed by atoms with Gasteiger partial charge in [0, 0.05) is 26.7 Å². The SMILES string of the molecule is CN=C(NCCCN1CCCC(C(N)=O)C1)NCCC(C)c1cccc(C(F)(F)F)c1.I. The van der Waals surface area contributed by atoms with Crippen LogP contribution in [0.15, 0.2) is 29.3 Å². The minimum absolute atomic E-state index is 0. The third-order valence-corrected chi connectivity index (χ3v) is 5.73. The molecule has 1 amide bonds. The number of alkyl halides is 3. The van der Waals surface area contributed by atoms with Crippen molar-refractivity contribution in [3.63, 3.8) is 0 Å². The third-order valence-electron chi connectivity index (χ3n) is 5.73. The van der Waals surface area contributed by atoms with Crippen molar-refractivity contribution in [2.24, 2.45) is 16.6 Å². The van der Waals surface area contributed by atoms with Gasteiger partial charge in [-0.25, -0.2) is 0 Å². The number of rotatable bonds is 9. The van der Waals surface area contributed by atoms with Crippen LogP contribution in [0.3, 0.4) is 0 Å². The van der Waals surface area contributed by atoms with Crippen molar-refractivity contribution in [2.75, 3.05) is 39.8 Å². The fourth-order valence-corrected chi connectivity index (χ4v) is 3.82. The summed E-state index contributed by atoms with van der Waals surface area (Å²) in [5.74, 6) is 0.400. The Hall–Kier alpha value is -1.56. The second-order valence-corrected chi connectivity index (χ2v) is 8.13. The first-order valence-corrected chi connectivity index (χ1v) is 10.8. The van der Waals surface area contributed by atoms with Crippen molar-refractivity contribution < 1.29 is 18.0 Å². The average molecular weight is 569 g/mol. The Bertz CT molecular complexity index is 745. The van der Waals surface area contributed by atoms with E-state index in [1.807, 2.05) is 6.92 Å². The molecule has 0 bridgehead atoms. The van der Waals surface area contributed by atoms with Crippen LogP contribution in [-0.2, 0) is 11.0 Å².